The summed E-state index contributed by atoms with van der Waals surface area (Å²) in [6, 6.07) is 7.35. The molecule has 0 saturated heterocycles. The fourth-order valence-corrected chi connectivity index (χ4v) is 1.89. The second-order valence-electron chi connectivity index (χ2n) is 4.04. The van der Waals surface area contributed by atoms with E-state index >= 15 is 0 Å². The van der Waals surface area contributed by atoms with Gasteiger partial charge in [0, 0.05) is 18.2 Å². The van der Waals surface area contributed by atoms with Crippen LogP contribution in [0, 0.1) is 0 Å². The highest BCUT2D eigenvalue weighted by Gasteiger charge is 2.16. The molecule has 0 radical (unpaired) electrons. The van der Waals surface area contributed by atoms with Crippen LogP contribution in [-0.2, 0) is 6.54 Å². The van der Waals surface area contributed by atoms with Gasteiger partial charge in [-0.3, -0.25) is 0 Å². The number of nitrogens with two attached hydrogens (primary N) is 2. The molecule has 1 aliphatic rings. The van der Waals surface area contributed by atoms with Gasteiger partial charge in [-0.05, 0) is 6.07 Å². The van der Waals surface area contributed by atoms with Gasteiger partial charge in [0.25, 0.3) is 0 Å². The summed E-state index contributed by atoms with van der Waals surface area (Å²) in [6.07, 6.45) is 0. The van der Waals surface area contributed by atoms with Crippen molar-refractivity contribution >= 4 is 17.6 Å². The molecule has 0 amide bonds. The van der Waals surface area contributed by atoms with Crippen LogP contribution in [0.15, 0.2) is 24.3 Å². The molecule has 0 saturated carbocycles. The molecule has 0 atom stereocenters. The molecule has 0 spiro atoms. The number of benzene rings is 1. The monoisotopic (exact) mass is 259 g/mol. The predicted octanol–water partition coefficient (Wildman–Crippen LogP) is 0.982. The lowest BCUT2D eigenvalue weighted by Gasteiger charge is -2.09. The Balaban J connectivity index is 1.78. The van der Waals surface area contributed by atoms with E-state index in [1.165, 1.54) is 0 Å². The summed E-state index contributed by atoms with van der Waals surface area (Å²) in [7, 11) is 0. The minimum Gasteiger partial charge on any atom is -0.454 e. The number of nitrogen functional groups attached to an aromatic ring is 2. The standard InChI is InChI=1S/C12H13N5O2/c13-9-4-10(17-12(14)16-9)15-5-7-2-1-3-8-11(7)19-6-18-8/h1-4H,5-6H2,(H5,13,14,15,16,17). The lowest BCUT2D eigenvalue weighted by molar-refractivity contribution is 0.173. The molecule has 1 aromatic heterocycles. The summed E-state index contributed by atoms with van der Waals surface area (Å²) in [5.41, 5.74) is 12.1. The third-order valence-corrected chi connectivity index (χ3v) is 2.70. The molecule has 1 aromatic carbocycles. The maximum atomic E-state index is 5.60. The molecule has 7 heteroatoms. The molecule has 5 N–H and O–H groups in total. The summed E-state index contributed by atoms with van der Waals surface area (Å²) in [5, 5.41) is 3.13. The summed E-state index contributed by atoms with van der Waals surface area (Å²) >= 11 is 0. The first-order valence-electron chi connectivity index (χ1n) is 5.74. The average molecular weight is 259 g/mol. The Hall–Kier alpha value is -2.70. The number of nitrogens with one attached hydrogen (secondary N) is 1. The summed E-state index contributed by atoms with van der Waals surface area (Å²) < 4.78 is 10.7. The summed E-state index contributed by atoms with van der Waals surface area (Å²) in [6.45, 7) is 0.780. The maximum Gasteiger partial charge on any atom is 0.231 e. The first kappa shape index (κ1) is 11.4. The summed E-state index contributed by atoms with van der Waals surface area (Å²) in [5.74, 6) is 2.54. The zero-order chi connectivity index (χ0) is 13.2. The van der Waals surface area contributed by atoms with Crippen molar-refractivity contribution in [3.8, 4) is 11.5 Å². The lowest BCUT2D eigenvalue weighted by atomic mass is 10.2. The Kier molecular flexibility index (Phi) is 2.71. The molecule has 3 rings (SSSR count). The van der Waals surface area contributed by atoms with Gasteiger partial charge in [0.1, 0.15) is 11.6 Å². The topological polar surface area (TPSA) is 108 Å². The molecule has 0 aliphatic carbocycles. The fourth-order valence-electron chi connectivity index (χ4n) is 1.89. The van der Waals surface area contributed by atoms with Crippen LogP contribution < -0.4 is 26.3 Å². The van der Waals surface area contributed by atoms with Gasteiger partial charge >= 0.3 is 0 Å². The molecule has 1 aliphatic heterocycles. The van der Waals surface area contributed by atoms with Gasteiger partial charge in [-0.2, -0.15) is 9.97 Å². The second kappa shape index (κ2) is 4.52. The van der Waals surface area contributed by atoms with Gasteiger partial charge in [0.2, 0.25) is 12.7 Å². The minimum absolute atomic E-state index is 0.139. The molecule has 0 fully saturated rings. The first-order valence-corrected chi connectivity index (χ1v) is 5.74. The van der Waals surface area contributed by atoms with Crippen molar-refractivity contribution in [3.63, 3.8) is 0 Å². The van der Waals surface area contributed by atoms with Crippen LogP contribution in [0.5, 0.6) is 11.5 Å². The Morgan fingerprint density at radius 3 is 2.95 bits per heavy atom. The largest absolute Gasteiger partial charge is 0.454 e. The highest BCUT2D eigenvalue weighted by Crippen LogP contribution is 2.35. The van der Waals surface area contributed by atoms with E-state index in [9.17, 15) is 0 Å². The number of anilines is 3. The Morgan fingerprint density at radius 1 is 1.21 bits per heavy atom. The summed E-state index contributed by atoms with van der Waals surface area (Å²) in [4.78, 5) is 7.85. The molecule has 19 heavy (non-hydrogen) atoms. The van der Waals surface area contributed by atoms with Gasteiger partial charge in [0.05, 0.1) is 0 Å². The van der Waals surface area contributed by atoms with Gasteiger partial charge < -0.3 is 26.3 Å². The lowest BCUT2D eigenvalue weighted by Crippen LogP contribution is -2.06. The first-order chi connectivity index (χ1) is 9.22. The van der Waals surface area contributed by atoms with E-state index in [2.05, 4.69) is 15.3 Å². The van der Waals surface area contributed by atoms with E-state index in [1.54, 1.807) is 6.07 Å². The van der Waals surface area contributed by atoms with Crippen LogP contribution >= 0.6 is 0 Å². The second-order valence-corrected chi connectivity index (χ2v) is 4.04. The number of para-hydroxylation sites is 1. The highest BCUT2D eigenvalue weighted by atomic mass is 16.7. The predicted molar refractivity (Wildman–Crippen MR) is 70.7 cm³/mol. The molecule has 2 aromatic rings. The van der Waals surface area contributed by atoms with Crippen LogP contribution in [0.25, 0.3) is 0 Å². The van der Waals surface area contributed by atoms with Crippen molar-refractivity contribution in [2.24, 2.45) is 0 Å². The Labute approximate surface area is 109 Å². The smallest absolute Gasteiger partial charge is 0.231 e. The van der Waals surface area contributed by atoms with Crippen molar-refractivity contribution in [1.82, 2.24) is 9.97 Å². The van der Waals surface area contributed by atoms with Crippen molar-refractivity contribution in [3.05, 3.63) is 29.8 Å². The zero-order valence-electron chi connectivity index (χ0n) is 10.1. The third-order valence-electron chi connectivity index (χ3n) is 2.70. The SMILES string of the molecule is Nc1cc(NCc2cccc3c2OCO3)nc(N)n1. The van der Waals surface area contributed by atoms with E-state index in [0.717, 1.165) is 17.1 Å². The number of aromatic nitrogens is 2. The minimum atomic E-state index is 0.139. The van der Waals surface area contributed by atoms with Crippen LogP contribution in [0.4, 0.5) is 17.6 Å². The zero-order valence-corrected chi connectivity index (χ0v) is 10.1. The van der Waals surface area contributed by atoms with Crippen molar-refractivity contribution in [2.75, 3.05) is 23.6 Å². The van der Waals surface area contributed by atoms with Gasteiger partial charge in [-0.25, -0.2) is 0 Å². The average Bonchev–Trinajstić information content (AvgIpc) is 2.83. The van der Waals surface area contributed by atoms with Gasteiger partial charge in [-0.15, -0.1) is 0 Å². The van der Waals surface area contributed by atoms with Crippen molar-refractivity contribution in [1.29, 1.82) is 0 Å². The molecule has 0 unspecified atom stereocenters. The molecular formula is C12H13N5O2. The normalized spacial score (nSPS) is 12.4. The number of ether oxygens (including phenoxy) is 2. The number of nitrogens with zero attached hydrogens (tertiary/aromatic N) is 2. The van der Waals surface area contributed by atoms with Crippen molar-refractivity contribution in [2.45, 2.75) is 6.54 Å². The quantitative estimate of drug-likeness (QED) is 0.753. The molecular weight excluding hydrogens is 246 g/mol. The van der Waals surface area contributed by atoms with E-state index in [0.29, 0.717) is 18.2 Å². The Morgan fingerprint density at radius 2 is 2.11 bits per heavy atom. The molecule has 7 nitrogen and oxygen atoms in total. The maximum absolute atomic E-state index is 5.60. The van der Waals surface area contributed by atoms with Gasteiger partial charge in [0.15, 0.2) is 11.5 Å². The number of fused-ring (bicyclic) bond motifs is 1. The number of hydrogen-bond donors (Lipinski definition) is 3. The van der Waals surface area contributed by atoms with Crippen LogP contribution in [0.1, 0.15) is 5.56 Å². The van der Waals surface area contributed by atoms with E-state index in [4.69, 9.17) is 20.9 Å². The van der Waals surface area contributed by atoms with E-state index in [-0.39, 0.29) is 12.7 Å². The van der Waals surface area contributed by atoms with Crippen LogP contribution in [0.2, 0.25) is 0 Å². The van der Waals surface area contributed by atoms with Crippen LogP contribution in [0.3, 0.4) is 0 Å². The molecule has 0 bridgehead atoms. The molecule has 2 heterocycles. The number of rotatable bonds is 3. The third kappa shape index (κ3) is 2.30. The number of hydrogen-bond acceptors (Lipinski definition) is 7. The van der Waals surface area contributed by atoms with Crippen LogP contribution in [-0.4, -0.2) is 16.8 Å². The van der Waals surface area contributed by atoms with E-state index < -0.39 is 0 Å². The van der Waals surface area contributed by atoms with Crippen molar-refractivity contribution < 1.29 is 9.47 Å². The molecule has 98 valence electrons. The highest BCUT2D eigenvalue weighted by molar-refractivity contribution is 5.52. The van der Waals surface area contributed by atoms with E-state index in [1.807, 2.05) is 18.2 Å². The Bertz CT molecular complexity index is 597. The fraction of sp³-hybridized carbons (Fsp3) is 0.167. The van der Waals surface area contributed by atoms with Gasteiger partial charge in [-0.1, -0.05) is 12.1 Å².